The van der Waals surface area contributed by atoms with Crippen molar-refractivity contribution in [2.45, 2.75) is 31.1 Å². The monoisotopic (exact) mass is 574 g/mol. The second kappa shape index (κ2) is 13.2. The van der Waals surface area contributed by atoms with Crippen LogP contribution in [0, 0.1) is 10.1 Å². The van der Waals surface area contributed by atoms with Crippen molar-refractivity contribution in [1.29, 1.82) is 0 Å². The smallest absolute Gasteiger partial charge is 0.278 e. The van der Waals surface area contributed by atoms with Gasteiger partial charge < -0.3 is 15.4 Å². The Bertz CT molecular complexity index is 1490. The lowest BCUT2D eigenvalue weighted by Gasteiger charge is -2.15. The van der Waals surface area contributed by atoms with E-state index in [-0.39, 0.29) is 28.4 Å². The summed E-state index contributed by atoms with van der Waals surface area (Å²) in [5, 5.41) is 16.8. The molecule has 0 aromatic heterocycles. The highest BCUT2D eigenvalue weighted by Crippen LogP contribution is 2.37. The van der Waals surface area contributed by atoms with Gasteiger partial charge in [0.15, 0.2) is 0 Å². The summed E-state index contributed by atoms with van der Waals surface area (Å²) in [6, 6.07) is 19.9. The SMILES string of the molecule is COCCCN1C(=O)C(Nc2ccc(C(C)C)cc2)=C(Sc2cccc(NC(=O)c3ccc([N+](=O)[O-])cc3)c2)C1=O. The first-order valence-electron chi connectivity index (χ1n) is 13.0. The van der Waals surface area contributed by atoms with Gasteiger partial charge in [-0.3, -0.25) is 29.4 Å². The molecular weight excluding hydrogens is 544 g/mol. The molecule has 0 bridgehead atoms. The summed E-state index contributed by atoms with van der Waals surface area (Å²) in [4.78, 5) is 51.9. The summed E-state index contributed by atoms with van der Waals surface area (Å²) >= 11 is 1.13. The summed E-state index contributed by atoms with van der Waals surface area (Å²) in [5.74, 6) is -0.902. The maximum Gasteiger partial charge on any atom is 0.278 e. The number of carbonyl (C=O) groups excluding carboxylic acids is 3. The second-order valence-corrected chi connectivity index (χ2v) is 10.7. The fraction of sp³-hybridized carbons (Fsp3) is 0.233. The van der Waals surface area contributed by atoms with Crippen LogP contribution in [0.2, 0.25) is 0 Å². The number of imide groups is 1. The van der Waals surface area contributed by atoms with Crippen LogP contribution in [0.15, 0.2) is 88.3 Å². The third kappa shape index (κ3) is 7.19. The number of nitro benzene ring substituents is 1. The van der Waals surface area contributed by atoms with Crippen molar-refractivity contribution < 1.29 is 24.0 Å². The number of benzene rings is 3. The largest absolute Gasteiger partial charge is 0.385 e. The van der Waals surface area contributed by atoms with Gasteiger partial charge in [0.05, 0.1) is 4.92 Å². The minimum Gasteiger partial charge on any atom is -0.385 e. The van der Waals surface area contributed by atoms with Gasteiger partial charge in [-0.25, -0.2) is 0 Å². The van der Waals surface area contributed by atoms with Gasteiger partial charge in [-0.2, -0.15) is 0 Å². The summed E-state index contributed by atoms with van der Waals surface area (Å²) in [7, 11) is 1.56. The number of nitrogens with one attached hydrogen (secondary N) is 2. The van der Waals surface area contributed by atoms with E-state index in [1.807, 2.05) is 24.3 Å². The van der Waals surface area contributed by atoms with E-state index < -0.39 is 22.6 Å². The van der Waals surface area contributed by atoms with E-state index in [0.717, 1.165) is 17.3 Å². The lowest BCUT2D eigenvalue weighted by molar-refractivity contribution is -0.384. The van der Waals surface area contributed by atoms with Gasteiger partial charge in [-0.05, 0) is 60.4 Å². The summed E-state index contributed by atoms with van der Waals surface area (Å²) in [5.41, 5.74) is 2.64. The molecule has 0 radical (unpaired) electrons. The molecule has 212 valence electrons. The third-order valence-electron chi connectivity index (χ3n) is 6.35. The lowest BCUT2D eigenvalue weighted by Crippen LogP contribution is -2.33. The maximum absolute atomic E-state index is 13.4. The zero-order chi connectivity index (χ0) is 29.5. The highest BCUT2D eigenvalue weighted by atomic mass is 32.2. The van der Waals surface area contributed by atoms with Crippen molar-refractivity contribution in [3.63, 3.8) is 0 Å². The molecule has 0 atom stereocenters. The predicted octanol–water partition coefficient (Wildman–Crippen LogP) is 5.79. The molecule has 41 heavy (non-hydrogen) atoms. The Balaban J connectivity index is 1.56. The molecule has 1 aliphatic rings. The molecule has 0 aliphatic carbocycles. The number of nitro groups is 1. The Morgan fingerprint density at radius 3 is 2.34 bits per heavy atom. The first-order chi connectivity index (χ1) is 19.7. The van der Waals surface area contributed by atoms with Crippen molar-refractivity contribution in [3.05, 3.63) is 105 Å². The number of hydrogen-bond donors (Lipinski definition) is 2. The molecule has 0 unspecified atom stereocenters. The fourth-order valence-corrected chi connectivity index (χ4v) is 5.12. The number of ether oxygens (including phenoxy) is 1. The minimum atomic E-state index is -0.533. The van der Waals surface area contributed by atoms with Crippen molar-refractivity contribution in [3.8, 4) is 0 Å². The molecule has 0 saturated carbocycles. The molecule has 11 heteroatoms. The van der Waals surface area contributed by atoms with Crippen LogP contribution >= 0.6 is 11.8 Å². The molecule has 3 aromatic rings. The van der Waals surface area contributed by atoms with Gasteiger partial charge in [0.2, 0.25) is 0 Å². The second-order valence-electron chi connectivity index (χ2n) is 9.60. The first-order valence-corrected chi connectivity index (χ1v) is 13.8. The molecule has 3 aromatic carbocycles. The summed E-state index contributed by atoms with van der Waals surface area (Å²) in [6.45, 7) is 4.83. The van der Waals surface area contributed by atoms with E-state index >= 15 is 0 Å². The van der Waals surface area contributed by atoms with E-state index in [2.05, 4.69) is 24.5 Å². The Hall–Kier alpha value is -4.48. The molecule has 0 saturated heterocycles. The predicted molar refractivity (Wildman–Crippen MR) is 158 cm³/mol. The number of amides is 3. The first kappa shape index (κ1) is 29.5. The molecule has 0 spiro atoms. The number of thioether (sulfide) groups is 1. The number of methoxy groups -OCH3 is 1. The summed E-state index contributed by atoms with van der Waals surface area (Å²) in [6.07, 6.45) is 0.506. The molecule has 2 N–H and O–H groups in total. The number of rotatable bonds is 12. The normalized spacial score (nSPS) is 13.2. The van der Waals surface area contributed by atoms with Crippen molar-refractivity contribution >= 4 is 46.5 Å². The zero-order valence-electron chi connectivity index (χ0n) is 22.9. The number of non-ortho nitro benzene ring substituents is 1. The Labute approximate surface area is 241 Å². The summed E-state index contributed by atoms with van der Waals surface area (Å²) < 4.78 is 5.09. The maximum atomic E-state index is 13.4. The van der Waals surface area contributed by atoms with Gasteiger partial charge in [0.1, 0.15) is 10.6 Å². The van der Waals surface area contributed by atoms with E-state index in [4.69, 9.17) is 4.74 Å². The van der Waals surface area contributed by atoms with Crippen LogP contribution in [0.1, 0.15) is 42.1 Å². The van der Waals surface area contributed by atoms with Gasteiger partial charge in [-0.15, -0.1) is 0 Å². The van der Waals surface area contributed by atoms with Crippen LogP contribution in [0.3, 0.4) is 0 Å². The number of hydrogen-bond acceptors (Lipinski definition) is 8. The Morgan fingerprint density at radius 1 is 1.00 bits per heavy atom. The number of nitrogens with zero attached hydrogens (tertiary/aromatic N) is 2. The van der Waals surface area contributed by atoms with Crippen molar-refractivity contribution in [2.75, 3.05) is 30.9 Å². The standard InChI is InChI=1S/C30H30N4O6S/c1-19(2)20-8-12-22(13-9-20)31-26-27(30(37)33(29(26)36)16-5-17-40-3)41-25-7-4-6-23(18-25)32-28(35)21-10-14-24(15-11-21)34(38)39/h4,6-15,18-19,31H,5,16-17H2,1-3H3,(H,32,35). The minimum absolute atomic E-state index is 0.111. The average molecular weight is 575 g/mol. The topological polar surface area (TPSA) is 131 Å². The fourth-order valence-electron chi connectivity index (χ4n) is 4.12. The van der Waals surface area contributed by atoms with Crippen LogP contribution in [-0.4, -0.2) is 47.8 Å². The molecule has 1 aliphatic heterocycles. The highest BCUT2D eigenvalue weighted by Gasteiger charge is 2.38. The lowest BCUT2D eigenvalue weighted by atomic mass is 10.0. The number of carbonyl (C=O) groups is 3. The number of anilines is 2. The van der Waals surface area contributed by atoms with Crippen LogP contribution in [0.25, 0.3) is 0 Å². The van der Waals surface area contributed by atoms with E-state index in [1.54, 1.807) is 31.4 Å². The Morgan fingerprint density at radius 2 is 1.71 bits per heavy atom. The van der Waals surface area contributed by atoms with Gasteiger partial charge >= 0.3 is 0 Å². The van der Waals surface area contributed by atoms with Crippen LogP contribution in [-0.2, 0) is 14.3 Å². The van der Waals surface area contributed by atoms with Crippen molar-refractivity contribution in [1.82, 2.24) is 4.90 Å². The zero-order valence-corrected chi connectivity index (χ0v) is 23.7. The molecule has 1 heterocycles. The van der Waals surface area contributed by atoms with Gasteiger partial charge in [-0.1, -0.05) is 43.8 Å². The van der Waals surface area contributed by atoms with Gasteiger partial charge in [0.25, 0.3) is 23.4 Å². The molecular formula is C30H30N4O6S. The van der Waals surface area contributed by atoms with Crippen LogP contribution < -0.4 is 10.6 Å². The van der Waals surface area contributed by atoms with Crippen molar-refractivity contribution in [2.24, 2.45) is 0 Å². The molecule has 10 nitrogen and oxygen atoms in total. The molecule has 4 rings (SSSR count). The molecule has 3 amide bonds. The average Bonchev–Trinajstić information content (AvgIpc) is 3.17. The van der Waals surface area contributed by atoms with Gasteiger partial charge in [0, 0.05) is 54.2 Å². The Kier molecular flexibility index (Phi) is 9.53. The van der Waals surface area contributed by atoms with Crippen LogP contribution in [0.5, 0.6) is 0 Å². The molecule has 0 fully saturated rings. The van der Waals surface area contributed by atoms with E-state index in [9.17, 15) is 24.5 Å². The highest BCUT2D eigenvalue weighted by molar-refractivity contribution is 8.04. The van der Waals surface area contributed by atoms with E-state index in [0.29, 0.717) is 35.2 Å². The van der Waals surface area contributed by atoms with E-state index in [1.165, 1.54) is 29.2 Å². The quantitative estimate of drug-likeness (QED) is 0.120. The third-order valence-corrected chi connectivity index (χ3v) is 7.43. The van der Waals surface area contributed by atoms with Crippen LogP contribution in [0.4, 0.5) is 17.1 Å².